The van der Waals surface area contributed by atoms with Crippen molar-refractivity contribution < 1.29 is 18.8 Å². The second-order valence-electron chi connectivity index (χ2n) is 10.3. The molecule has 1 aromatic heterocycles. The molecule has 3 amide bonds. The van der Waals surface area contributed by atoms with E-state index >= 15 is 0 Å². The molecule has 3 aliphatic rings. The molecule has 0 saturated heterocycles. The average molecular weight is 469 g/mol. The van der Waals surface area contributed by atoms with E-state index < -0.39 is 11.4 Å². The van der Waals surface area contributed by atoms with Gasteiger partial charge in [0.15, 0.2) is 0 Å². The van der Waals surface area contributed by atoms with Gasteiger partial charge in [0.05, 0.1) is 17.7 Å². The van der Waals surface area contributed by atoms with Crippen LogP contribution in [-0.4, -0.2) is 44.8 Å². The number of nitrogens with one attached hydrogen (secondary N) is 2. The lowest BCUT2D eigenvalue weighted by atomic mass is 9.89. The number of nitrogens with zero attached hydrogens (tertiary/aromatic N) is 2. The third-order valence-corrected chi connectivity index (χ3v) is 7.86. The molecule has 1 aromatic carbocycles. The van der Waals surface area contributed by atoms with Crippen LogP contribution in [0.4, 0.5) is 10.1 Å². The van der Waals surface area contributed by atoms with Gasteiger partial charge in [-0.1, -0.05) is 32.1 Å². The molecule has 8 heteroatoms. The van der Waals surface area contributed by atoms with Crippen molar-refractivity contribution in [2.45, 2.75) is 95.8 Å². The summed E-state index contributed by atoms with van der Waals surface area (Å²) in [5.41, 5.74) is 0.205. The summed E-state index contributed by atoms with van der Waals surface area (Å²) in [5.74, 6) is -1.18. The molecule has 0 radical (unpaired) electrons. The van der Waals surface area contributed by atoms with Gasteiger partial charge in [0.25, 0.3) is 5.91 Å². The maximum absolute atomic E-state index is 14.2. The van der Waals surface area contributed by atoms with Crippen molar-refractivity contribution >= 4 is 34.3 Å². The van der Waals surface area contributed by atoms with E-state index in [0.29, 0.717) is 22.3 Å². The summed E-state index contributed by atoms with van der Waals surface area (Å²) in [4.78, 5) is 41.8. The first kappa shape index (κ1) is 22.9. The molecule has 34 heavy (non-hydrogen) atoms. The summed E-state index contributed by atoms with van der Waals surface area (Å²) in [5, 5.41) is 6.50. The standard InChI is InChI=1S/C26H33FN4O3/c1-16(32)28-22-20-14-17(27)12-13-21(20)30-15-26(2,25(34)29-18-8-4-3-5-9-18)31(24(33)23(22)30)19-10-6-7-11-19/h12-14,18-19H,3-11,15H2,1-2H3,(H,28,32)(H,29,34)/t26-/m1/s1. The van der Waals surface area contributed by atoms with E-state index in [1.54, 1.807) is 15.5 Å². The quantitative estimate of drug-likeness (QED) is 0.700. The molecule has 0 bridgehead atoms. The number of halogens is 1. The van der Waals surface area contributed by atoms with Gasteiger partial charge >= 0.3 is 0 Å². The third-order valence-electron chi connectivity index (χ3n) is 7.86. The van der Waals surface area contributed by atoms with Crippen LogP contribution < -0.4 is 10.6 Å². The number of aromatic nitrogens is 1. The van der Waals surface area contributed by atoms with E-state index in [1.807, 2.05) is 6.92 Å². The van der Waals surface area contributed by atoms with Crippen LogP contribution in [0.5, 0.6) is 0 Å². The van der Waals surface area contributed by atoms with Gasteiger partial charge < -0.3 is 20.1 Å². The fourth-order valence-corrected chi connectivity index (χ4v) is 6.24. The monoisotopic (exact) mass is 468 g/mol. The largest absolute Gasteiger partial charge is 0.351 e. The fourth-order valence-electron chi connectivity index (χ4n) is 6.24. The number of benzene rings is 1. The lowest BCUT2D eigenvalue weighted by Crippen LogP contribution is -2.67. The highest BCUT2D eigenvalue weighted by atomic mass is 19.1. The second-order valence-corrected chi connectivity index (χ2v) is 10.3. The molecule has 2 N–H and O–H groups in total. The van der Waals surface area contributed by atoms with Crippen LogP contribution in [0.25, 0.3) is 10.9 Å². The van der Waals surface area contributed by atoms with Crippen molar-refractivity contribution in [3.8, 4) is 0 Å². The zero-order valence-electron chi connectivity index (χ0n) is 20.0. The number of carbonyl (C=O) groups is 3. The van der Waals surface area contributed by atoms with E-state index in [1.165, 1.54) is 25.5 Å². The lowest BCUT2D eigenvalue weighted by molar-refractivity contribution is -0.135. The van der Waals surface area contributed by atoms with E-state index in [9.17, 15) is 18.8 Å². The smallest absolute Gasteiger partial charge is 0.273 e. The van der Waals surface area contributed by atoms with Crippen LogP contribution in [0.2, 0.25) is 0 Å². The Bertz CT molecular complexity index is 1150. The highest BCUT2D eigenvalue weighted by molar-refractivity contribution is 6.14. The molecule has 7 nitrogen and oxygen atoms in total. The Kier molecular flexibility index (Phi) is 5.86. The van der Waals surface area contributed by atoms with Crippen molar-refractivity contribution in [3.05, 3.63) is 29.7 Å². The second kappa shape index (κ2) is 8.71. The highest BCUT2D eigenvalue weighted by Gasteiger charge is 2.52. The average Bonchev–Trinajstić information content (AvgIpc) is 3.41. The van der Waals surface area contributed by atoms with Crippen molar-refractivity contribution in [1.82, 2.24) is 14.8 Å². The summed E-state index contributed by atoms with van der Waals surface area (Å²) in [7, 11) is 0. The Morgan fingerprint density at radius 2 is 1.74 bits per heavy atom. The summed E-state index contributed by atoms with van der Waals surface area (Å²) < 4.78 is 16.0. The molecule has 2 aromatic rings. The predicted octanol–water partition coefficient (Wildman–Crippen LogP) is 4.34. The van der Waals surface area contributed by atoms with Gasteiger partial charge in [-0.2, -0.15) is 0 Å². The van der Waals surface area contributed by atoms with E-state index in [2.05, 4.69) is 10.6 Å². The van der Waals surface area contributed by atoms with Gasteiger partial charge in [-0.05, 0) is 50.8 Å². The van der Waals surface area contributed by atoms with Crippen LogP contribution in [0.3, 0.4) is 0 Å². The van der Waals surface area contributed by atoms with Gasteiger partial charge in [-0.3, -0.25) is 14.4 Å². The topological polar surface area (TPSA) is 83.4 Å². The molecular formula is C26H33FN4O3. The number of hydrogen-bond acceptors (Lipinski definition) is 3. The molecule has 2 heterocycles. The molecule has 5 rings (SSSR count). The van der Waals surface area contributed by atoms with Crippen LogP contribution in [0.1, 0.15) is 82.1 Å². The zero-order chi connectivity index (χ0) is 24.0. The van der Waals surface area contributed by atoms with Crippen molar-refractivity contribution in [2.24, 2.45) is 0 Å². The maximum Gasteiger partial charge on any atom is 0.273 e. The van der Waals surface area contributed by atoms with E-state index in [0.717, 1.165) is 51.4 Å². The first-order valence-corrected chi connectivity index (χ1v) is 12.5. The number of fused-ring (bicyclic) bond motifs is 3. The van der Waals surface area contributed by atoms with Crippen LogP contribution in [-0.2, 0) is 16.1 Å². The molecule has 2 aliphatic carbocycles. The fraction of sp³-hybridized carbons (Fsp3) is 0.577. The Hall–Kier alpha value is -2.90. The molecule has 1 aliphatic heterocycles. The SMILES string of the molecule is CC(=O)Nc1c2n(c3ccc(F)cc13)C[C@](C)(C(=O)NC1CCCCC1)N(C1CCCC1)C2=O. The Morgan fingerprint density at radius 1 is 1.06 bits per heavy atom. The summed E-state index contributed by atoms with van der Waals surface area (Å²) in [6.07, 6.45) is 9.05. The Morgan fingerprint density at radius 3 is 2.41 bits per heavy atom. The van der Waals surface area contributed by atoms with Gasteiger partial charge in [0, 0.05) is 24.4 Å². The third kappa shape index (κ3) is 3.77. The van der Waals surface area contributed by atoms with Crippen LogP contribution >= 0.6 is 0 Å². The number of hydrogen-bond donors (Lipinski definition) is 2. The number of anilines is 1. The molecular weight excluding hydrogens is 435 g/mol. The molecule has 1 atom stereocenters. The Balaban J connectivity index is 1.63. The minimum atomic E-state index is -1.08. The maximum atomic E-state index is 14.2. The lowest BCUT2D eigenvalue weighted by Gasteiger charge is -2.48. The van der Waals surface area contributed by atoms with Crippen molar-refractivity contribution in [3.63, 3.8) is 0 Å². The van der Waals surface area contributed by atoms with Crippen molar-refractivity contribution in [1.29, 1.82) is 0 Å². The first-order valence-electron chi connectivity index (χ1n) is 12.5. The highest BCUT2D eigenvalue weighted by Crippen LogP contribution is 2.42. The zero-order valence-corrected chi connectivity index (χ0v) is 20.0. The van der Waals surface area contributed by atoms with Gasteiger partial charge in [-0.15, -0.1) is 0 Å². The molecule has 2 fully saturated rings. The minimum Gasteiger partial charge on any atom is -0.351 e. The van der Waals surface area contributed by atoms with Gasteiger partial charge in [-0.25, -0.2) is 4.39 Å². The summed E-state index contributed by atoms with van der Waals surface area (Å²) in [6.45, 7) is 3.49. The van der Waals surface area contributed by atoms with Crippen molar-refractivity contribution in [2.75, 3.05) is 5.32 Å². The summed E-state index contributed by atoms with van der Waals surface area (Å²) >= 11 is 0. The first-order chi connectivity index (χ1) is 16.3. The van der Waals surface area contributed by atoms with Crippen LogP contribution in [0, 0.1) is 5.82 Å². The van der Waals surface area contributed by atoms with Crippen LogP contribution in [0.15, 0.2) is 18.2 Å². The summed E-state index contributed by atoms with van der Waals surface area (Å²) in [6, 6.07) is 4.41. The number of amides is 3. The van der Waals surface area contributed by atoms with E-state index in [4.69, 9.17) is 0 Å². The molecule has 0 unspecified atom stereocenters. The molecule has 182 valence electrons. The molecule has 2 saturated carbocycles. The Labute approximate surface area is 199 Å². The van der Waals surface area contributed by atoms with Gasteiger partial charge in [0.1, 0.15) is 17.1 Å². The normalized spacial score (nSPS) is 23.9. The molecule has 0 spiro atoms. The van der Waals surface area contributed by atoms with E-state index in [-0.39, 0.29) is 36.3 Å². The number of carbonyl (C=O) groups excluding carboxylic acids is 3. The number of rotatable bonds is 4. The predicted molar refractivity (Wildman–Crippen MR) is 128 cm³/mol. The minimum absolute atomic E-state index is 0.0386. The van der Waals surface area contributed by atoms with Gasteiger partial charge in [0.2, 0.25) is 11.8 Å².